The average molecular weight is 232 g/mol. The van der Waals surface area contributed by atoms with E-state index >= 15 is 0 Å². The SMILES string of the molecule is COc1cc2c(cc1/C=C/C(C)=O)OC(C)C2. The first-order valence-corrected chi connectivity index (χ1v) is 5.66. The molecule has 0 N–H and O–H groups in total. The second kappa shape index (κ2) is 4.62. The maximum absolute atomic E-state index is 10.9. The fourth-order valence-corrected chi connectivity index (χ4v) is 1.97. The minimum absolute atomic E-state index is 0.0156. The first-order valence-electron chi connectivity index (χ1n) is 5.66. The molecule has 17 heavy (non-hydrogen) atoms. The summed E-state index contributed by atoms with van der Waals surface area (Å²) in [5.74, 6) is 1.68. The number of allylic oxidation sites excluding steroid dienone is 1. The molecule has 0 aromatic heterocycles. The number of carbonyl (C=O) groups is 1. The van der Waals surface area contributed by atoms with Gasteiger partial charge in [0.1, 0.15) is 17.6 Å². The lowest BCUT2D eigenvalue weighted by molar-refractivity contribution is -0.112. The Morgan fingerprint density at radius 1 is 1.53 bits per heavy atom. The molecular formula is C14H16O3. The maximum atomic E-state index is 10.9. The van der Waals surface area contributed by atoms with Gasteiger partial charge in [-0.2, -0.15) is 0 Å². The minimum atomic E-state index is 0.0156. The molecule has 0 saturated heterocycles. The molecule has 1 aliphatic heterocycles. The van der Waals surface area contributed by atoms with Gasteiger partial charge < -0.3 is 9.47 Å². The highest BCUT2D eigenvalue weighted by molar-refractivity contribution is 5.92. The molecule has 3 nitrogen and oxygen atoms in total. The highest BCUT2D eigenvalue weighted by atomic mass is 16.5. The van der Waals surface area contributed by atoms with Crippen LogP contribution in [-0.4, -0.2) is 19.0 Å². The third-order valence-corrected chi connectivity index (χ3v) is 2.75. The molecule has 0 saturated carbocycles. The lowest BCUT2D eigenvalue weighted by atomic mass is 10.1. The largest absolute Gasteiger partial charge is 0.496 e. The van der Waals surface area contributed by atoms with Crippen molar-refractivity contribution >= 4 is 11.9 Å². The third-order valence-electron chi connectivity index (χ3n) is 2.75. The van der Waals surface area contributed by atoms with Crippen molar-refractivity contribution in [2.75, 3.05) is 7.11 Å². The van der Waals surface area contributed by atoms with E-state index in [1.165, 1.54) is 13.0 Å². The summed E-state index contributed by atoms with van der Waals surface area (Å²) in [6.45, 7) is 3.56. The van der Waals surface area contributed by atoms with Crippen LogP contribution in [-0.2, 0) is 11.2 Å². The van der Waals surface area contributed by atoms with Crippen molar-refractivity contribution in [1.29, 1.82) is 0 Å². The van der Waals surface area contributed by atoms with Crippen LogP contribution in [0.1, 0.15) is 25.0 Å². The van der Waals surface area contributed by atoms with Crippen LogP contribution in [0.5, 0.6) is 11.5 Å². The summed E-state index contributed by atoms with van der Waals surface area (Å²) in [6.07, 6.45) is 4.40. The Bertz CT molecular complexity index is 475. The summed E-state index contributed by atoms with van der Waals surface area (Å²) in [4.78, 5) is 10.9. The number of carbonyl (C=O) groups excluding carboxylic acids is 1. The zero-order valence-corrected chi connectivity index (χ0v) is 10.3. The van der Waals surface area contributed by atoms with Crippen molar-refractivity contribution in [2.24, 2.45) is 0 Å². The Labute approximate surface area is 101 Å². The number of benzene rings is 1. The first-order chi connectivity index (χ1) is 8.10. The number of methoxy groups -OCH3 is 1. The molecule has 1 aromatic carbocycles. The number of ether oxygens (including phenoxy) is 2. The van der Waals surface area contributed by atoms with Crippen LogP contribution >= 0.6 is 0 Å². The molecule has 2 rings (SSSR count). The molecule has 1 heterocycles. The van der Waals surface area contributed by atoms with Gasteiger partial charge in [-0.1, -0.05) is 0 Å². The molecule has 0 fully saturated rings. The zero-order valence-electron chi connectivity index (χ0n) is 10.3. The van der Waals surface area contributed by atoms with Gasteiger partial charge in [-0.25, -0.2) is 0 Å². The van der Waals surface area contributed by atoms with E-state index in [0.717, 1.165) is 29.0 Å². The van der Waals surface area contributed by atoms with Crippen molar-refractivity contribution in [3.05, 3.63) is 29.3 Å². The molecule has 0 amide bonds. The van der Waals surface area contributed by atoms with E-state index in [9.17, 15) is 4.79 Å². The predicted molar refractivity (Wildman–Crippen MR) is 66.5 cm³/mol. The quantitative estimate of drug-likeness (QED) is 0.751. The van der Waals surface area contributed by atoms with Crippen LogP contribution in [0.4, 0.5) is 0 Å². The molecule has 0 spiro atoms. The van der Waals surface area contributed by atoms with Crippen molar-refractivity contribution in [1.82, 2.24) is 0 Å². The summed E-state index contributed by atoms with van der Waals surface area (Å²) in [7, 11) is 1.63. The van der Waals surface area contributed by atoms with Gasteiger partial charge in [-0.15, -0.1) is 0 Å². The summed E-state index contributed by atoms with van der Waals surface area (Å²) in [6, 6.07) is 3.91. The van der Waals surface area contributed by atoms with Gasteiger partial charge in [0.15, 0.2) is 5.78 Å². The van der Waals surface area contributed by atoms with Crippen LogP contribution in [0, 0.1) is 0 Å². The summed E-state index contributed by atoms with van der Waals surface area (Å²) < 4.78 is 11.0. The van der Waals surface area contributed by atoms with Crippen molar-refractivity contribution in [3.8, 4) is 11.5 Å². The molecule has 1 aliphatic rings. The van der Waals surface area contributed by atoms with Gasteiger partial charge in [-0.05, 0) is 38.1 Å². The van der Waals surface area contributed by atoms with Crippen LogP contribution in [0.15, 0.2) is 18.2 Å². The Balaban J connectivity index is 2.39. The Morgan fingerprint density at radius 2 is 2.29 bits per heavy atom. The van der Waals surface area contributed by atoms with Gasteiger partial charge in [0, 0.05) is 17.5 Å². The van der Waals surface area contributed by atoms with Crippen molar-refractivity contribution in [2.45, 2.75) is 26.4 Å². The van der Waals surface area contributed by atoms with E-state index < -0.39 is 0 Å². The van der Waals surface area contributed by atoms with E-state index in [0.29, 0.717) is 0 Å². The topological polar surface area (TPSA) is 35.5 Å². The van der Waals surface area contributed by atoms with Crippen molar-refractivity contribution < 1.29 is 14.3 Å². The summed E-state index contributed by atoms with van der Waals surface area (Å²) in [5.41, 5.74) is 2.03. The van der Waals surface area contributed by atoms with E-state index in [1.54, 1.807) is 13.2 Å². The molecule has 1 aromatic rings. The third kappa shape index (κ3) is 2.49. The molecule has 1 atom stereocenters. The summed E-state index contributed by atoms with van der Waals surface area (Å²) >= 11 is 0. The number of hydrogen-bond donors (Lipinski definition) is 0. The second-order valence-corrected chi connectivity index (χ2v) is 4.28. The Kier molecular flexibility index (Phi) is 3.18. The average Bonchev–Trinajstić information content (AvgIpc) is 2.63. The van der Waals surface area contributed by atoms with Gasteiger partial charge in [-0.3, -0.25) is 4.79 Å². The Hall–Kier alpha value is -1.77. The van der Waals surface area contributed by atoms with E-state index in [1.807, 2.05) is 19.1 Å². The molecule has 1 unspecified atom stereocenters. The molecule has 3 heteroatoms. The standard InChI is InChI=1S/C14H16O3/c1-9(15)4-5-11-7-14-12(6-10(2)17-14)8-13(11)16-3/h4-5,7-8,10H,6H2,1-3H3/b5-4+. The smallest absolute Gasteiger partial charge is 0.152 e. The van der Waals surface area contributed by atoms with Gasteiger partial charge in [0.2, 0.25) is 0 Å². The highest BCUT2D eigenvalue weighted by Gasteiger charge is 2.20. The predicted octanol–water partition coefficient (Wildman–Crippen LogP) is 2.62. The monoisotopic (exact) mass is 232 g/mol. The van der Waals surface area contributed by atoms with Gasteiger partial charge in [0.25, 0.3) is 0 Å². The first kappa shape index (κ1) is 11.7. The zero-order chi connectivity index (χ0) is 12.4. The van der Waals surface area contributed by atoms with Crippen LogP contribution in [0.25, 0.3) is 6.08 Å². The molecular weight excluding hydrogens is 216 g/mol. The molecule has 90 valence electrons. The van der Waals surface area contributed by atoms with Crippen LogP contribution in [0.3, 0.4) is 0 Å². The molecule has 0 aliphatic carbocycles. The minimum Gasteiger partial charge on any atom is -0.496 e. The van der Waals surface area contributed by atoms with Gasteiger partial charge in [0.05, 0.1) is 7.11 Å². The Morgan fingerprint density at radius 3 is 2.94 bits per heavy atom. The number of fused-ring (bicyclic) bond motifs is 1. The molecule has 0 bridgehead atoms. The lowest BCUT2D eigenvalue weighted by Gasteiger charge is -2.08. The number of rotatable bonds is 3. The fourth-order valence-electron chi connectivity index (χ4n) is 1.97. The van der Waals surface area contributed by atoms with E-state index in [4.69, 9.17) is 9.47 Å². The maximum Gasteiger partial charge on any atom is 0.152 e. The number of hydrogen-bond acceptors (Lipinski definition) is 3. The van der Waals surface area contributed by atoms with Crippen LogP contribution < -0.4 is 9.47 Å². The normalized spacial score (nSPS) is 17.9. The highest BCUT2D eigenvalue weighted by Crippen LogP contribution is 2.35. The summed E-state index contributed by atoms with van der Waals surface area (Å²) in [5, 5.41) is 0. The fraction of sp³-hybridized carbons (Fsp3) is 0.357. The second-order valence-electron chi connectivity index (χ2n) is 4.28. The van der Waals surface area contributed by atoms with Crippen molar-refractivity contribution in [3.63, 3.8) is 0 Å². The lowest BCUT2D eigenvalue weighted by Crippen LogP contribution is -2.05. The van der Waals surface area contributed by atoms with E-state index in [2.05, 4.69) is 0 Å². The number of ketones is 1. The van der Waals surface area contributed by atoms with Gasteiger partial charge >= 0.3 is 0 Å². The van der Waals surface area contributed by atoms with E-state index in [-0.39, 0.29) is 11.9 Å². The van der Waals surface area contributed by atoms with Crippen LogP contribution in [0.2, 0.25) is 0 Å². The molecule has 0 radical (unpaired) electrons.